The van der Waals surface area contributed by atoms with Crippen LogP contribution in [0.25, 0.3) is 11.1 Å². The minimum atomic E-state index is -0.256. The Morgan fingerprint density at radius 3 is 2.51 bits per heavy atom. The number of nitrogens with zero attached hydrogens (tertiary/aromatic N) is 1. The molecule has 5 rings (SSSR count). The Morgan fingerprint density at radius 1 is 0.949 bits per heavy atom. The van der Waals surface area contributed by atoms with Gasteiger partial charge in [-0.2, -0.15) is 0 Å². The molecule has 0 N–H and O–H groups in total. The van der Waals surface area contributed by atoms with Gasteiger partial charge in [0.1, 0.15) is 23.9 Å². The van der Waals surface area contributed by atoms with Crippen LogP contribution in [-0.2, 0) is 22.7 Å². The molecule has 5 nitrogen and oxygen atoms in total. The standard InChI is InChI=1S/C33H38FNO4/c1-37-27-12-14-32(34)31(19-27)29-13-9-23(17-26(29)21-35-15-4-3-5-16-35)22-39-28-8-6-7-25(18-28)30(24-10-11-24)20-33(36)38-2/h6-9,12-14,17-19,24,30H,3-5,10-11,15-16,20-22H2,1-2H3. The molecule has 3 aromatic rings. The van der Waals surface area contributed by atoms with Crippen molar-refractivity contribution in [3.63, 3.8) is 0 Å². The van der Waals surface area contributed by atoms with Gasteiger partial charge in [-0.15, -0.1) is 0 Å². The van der Waals surface area contributed by atoms with Crippen LogP contribution in [0.15, 0.2) is 60.7 Å². The average molecular weight is 532 g/mol. The Balaban J connectivity index is 1.36. The molecule has 0 amide bonds. The van der Waals surface area contributed by atoms with E-state index >= 15 is 0 Å². The van der Waals surface area contributed by atoms with E-state index in [1.807, 2.05) is 24.3 Å². The van der Waals surface area contributed by atoms with Gasteiger partial charge < -0.3 is 14.2 Å². The third-order valence-corrected chi connectivity index (χ3v) is 7.97. The van der Waals surface area contributed by atoms with Gasteiger partial charge in [0.2, 0.25) is 0 Å². The van der Waals surface area contributed by atoms with E-state index in [0.29, 0.717) is 30.3 Å². The van der Waals surface area contributed by atoms with Crippen LogP contribution in [-0.4, -0.2) is 38.2 Å². The van der Waals surface area contributed by atoms with E-state index in [4.69, 9.17) is 14.2 Å². The highest BCUT2D eigenvalue weighted by atomic mass is 19.1. The number of carbonyl (C=O) groups is 1. The fraction of sp³-hybridized carbons (Fsp3) is 0.424. The quantitative estimate of drug-likeness (QED) is 0.247. The topological polar surface area (TPSA) is 48.0 Å². The Hall–Kier alpha value is -3.38. The predicted molar refractivity (Wildman–Crippen MR) is 150 cm³/mol. The summed E-state index contributed by atoms with van der Waals surface area (Å²) in [4.78, 5) is 14.4. The van der Waals surface area contributed by atoms with Gasteiger partial charge in [0.05, 0.1) is 20.6 Å². The number of hydrogen-bond acceptors (Lipinski definition) is 5. The van der Waals surface area contributed by atoms with Crippen molar-refractivity contribution in [3.05, 3.63) is 83.2 Å². The summed E-state index contributed by atoms with van der Waals surface area (Å²) < 4.78 is 31.5. The number of ether oxygens (including phenoxy) is 3. The first-order chi connectivity index (χ1) is 19.0. The van der Waals surface area contributed by atoms with Gasteiger partial charge in [0.25, 0.3) is 0 Å². The maximum atomic E-state index is 15.0. The highest BCUT2D eigenvalue weighted by molar-refractivity contribution is 5.71. The number of methoxy groups -OCH3 is 2. The summed E-state index contributed by atoms with van der Waals surface area (Å²) in [6.45, 7) is 3.29. The molecule has 1 unspecified atom stereocenters. The summed E-state index contributed by atoms with van der Waals surface area (Å²) in [7, 11) is 3.04. The summed E-state index contributed by atoms with van der Waals surface area (Å²) in [5.74, 6) is 1.68. The SMILES string of the molecule is COC(=O)CC(c1cccc(OCc2ccc(-c3cc(OC)ccc3F)c(CN3CCCCC3)c2)c1)C1CC1. The number of piperidine rings is 1. The van der Waals surface area contributed by atoms with E-state index in [9.17, 15) is 9.18 Å². The van der Waals surface area contributed by atoms with E-state index in [2.05, 4.69) is 23.1 Å². The molecule has 1 saturated heterocycles. The Bertz CT molecular complexity index is 1280. The van der Waals surface area contributed by atoms with E-state index in [1.54, 1.807) is 19.2 Å². The van der Waals surface area contributed by atoms with E-state index in [0.717, 1.165) is 60.5 Å². The molecular weight excluding hydrogens is 493 g/mol. The molecule has 1 saturated carbocycles. The summed E-state index contributed by atoms with van der Waals surface area (Å²) in [5, 5.41) is 0. The minimum absolute atomic E-state index is 0.161. The predicted octanol–water partition coefficient (Wildman–Crippen LogP) is 7.12. The van der Waals surface area contributed by atoms with Crippen LogP contribution < -0.4 is 9.47 Å². The second-order valence-electron chi connectivity index (χ2n) is 10.8. The van der Waals surface area contributed by atoms with Crippen molar-refractivity contribution < 1.29 is 23.4 Å². The largest absolute Gasteiger partial charge is 0.497 e. The molecular formula is C33H38FNO4. The number of halogens is 1. The number of benzene rings is 3. The second-order valence-corrected chi connectivity index (χ2v) is 10.8. The smallest absolute Gasteiger partial charge is 0.306 e. The molecule has 3 aromatic carbocycles. The highest BCUT2D eigenvalue weighted by Gasteiger charge is 2.34. The lowest BCUT2D eigenvalue weighted by atomic mass is 9.91. The Morgan fingerprint density at radius 2 is 1.77 bits per heavy atom. The Labute approximate surface area is 230 Å². The van der Waals surface area contributed by atoms with Crippen molar-refractivity contribution in [1.29, 1.82) is 0 Å². The summed E-state index contributed by atoms with van der Waals surface area (Å²) in [6.07, 6.45) is 6.34. The fourth-order valence-corrected chi connectivity index (χ4v) is 5.65. The van der Waals surface area contributed by atoms with Crippen molar-refractivity contribution in [2.24, 2.45) is 5.92 Å². The lowest BCUT2D eigenvalue weighted by Gasteiger charge is -2.27. The fourth-order valence-electron chi connectivity index (χ4n) is 5.65. The van der Waals surface area contributed by atoms with E-state index in [-0.39, 0.29) is 17.7 Å². The molecule has 0 bridgehead atoms. The molecule has 206 valence electrons. The third kappa shape index (κ3) is 6.99. The van der Waals surface area contributed by atoms with E-state index < -0.39 is 0 Å². The van der Waals surface area contributed by atoms with Gasteiger partial charge in [-0.3, -0.25) is 9.69 Å². The molecule has 1 aliphatic carbocycles. The van der Waals surface area contributed by atoms with Crippen LogP contribution in [0.3, 0.4) is 0 Å². The second kappa shape index (κ2) is 12.6. The van der Waals surface area contributed by atoms with Crippen LogP contribution in [0, 0.1) is 11.7 Å². The first-order valence-electron chi connectivity index (χ1n) is 14.0. The molecule has 2 fully saturated rings. The maximum Gasteiger partial charge on any atom is 0.306 e. The average Bonchev–Trinajstić information content (AvgIpc) is 3.81. The molecule has 0 radical (unpaired) electrons. The Kier molecular flexibility index (Phi) is 8.82. The number of hydrogen-bond donors (Lipinski definition) is 0. The molecule has 6 heteroatoms. The molecule has 1 aliphatic heterocycles. The molecule has 39 heavy (non-hydrogen) atoms. The van der Waals surface area contributed by atoms with Gasteiger partial charge in [-0.25, -0.2) is 4.39 Å². The molecule has 2 aliphatic rings. The highest BCUT2D eigenvalue weighted by Crippen LogP contribution is 2.45. The van der Waals surface area contributed by atoms with Gasteiger partial charge in [0, 0.05) is 12.1 Å². The number of likely N-dealkylation sites (tertiary alicyclic amines) is 1. The number of carbonyl (C=O) groups excluding carboxylic acids is 1. The first kappa shape index (κ1) is 27.2. The van der Waals surface area contributed by atoms with Crippen molar-refractivity contribution in [2.75, 3.05) is 27.3 Å². The van der Waals surface area contributed by atoms with Gasteiger partial charge in [-0.1, -0.05) is 36.8 Å². The first-order valence-corrected chi connectivity index (χ1v) is 14.0. The van der Waals surface area contributed by atoms with Crippen LogP contribution >= 0.6 is 0 Å². The minimum Gasteiger partial charge on any atom is -0.497 e. The molecule has 0 aromatic heterocycles. The lowest BCUT2D eigenvalue weighted by molar-refractivity contribution is -0.141. The van der Waals surface area contributed by atoms with Crippen LogP contribution in [0.4, 0.5) is 4.39 Å². The van der Waals surface area contributed by atoms with Crippen LogP contribution in [0.1, 0.15) is 61.1 Å². The number of esters is 1. The van der Waals surface area contributed by atoms with Crippen molar-refractivity contribution in [2.45, 2.75) is 57.6 Å². The van der Waals surface area contributed by atoms with Gasteiger partial charge in [-0.05, 0) is 103 Å². The zero-order chi connectivity index (χ0) is 27.2. The molecule has 1 heterocycles. The van der Waals surface area contributed by atoms with Crippen molar-refractivity contribution >= 4 is 5.97 Å². The van der Waals surface area contributed by atoms with Crippen molar-refractivity contribution in [1.82, 2.24) is 4.90 Å². The van der Waals surface area contributed by atoms with Crippen LogP contribution in [0.2, 0.25) is 0 Å². The summed E-state index contributed by atoms with van der Waals surface area (Å²) in [6, 6.07) is 19.2. The molecule has 1 atom stereocenters. The monoisotopic (exact) mass is 531 g/mol. The molecule has 0 spiro atoms. The summed E-state index contributed by atoms with van der Waals surface area (Å²) >= 11 is 0. The number of rotatable bonds is 11. The van der Waals surface area contributed by atoms with E-state index in [1.165, 1.54) is 32.4 Å². The van der Waals surface area contributed by atoms with Gasteiger partial charge >= 0.3 is 5.97 Å². The lowest BCUT2D eigenvalue weighted by Crippen LogP contribution is -2.29. The normalized spacial score (nSPS) is 16.5. The van der Waals surface area contributed by atoms with Gasteiger partial charge in [0.15, 0.2) is 0 Å². The third-order valence-electron chi connectivity index (χ3n) is 7.97. The zero-order valence-electron chi connectivity index (χ0n) is 23.0. The maximum absolute atomic E-state index is 15.0. The zero-order valence-corrected chi connectivity index (χ0v) is 23.0. The summed E-state index contributed by atoms with van der Waals surface area (Å²) in [5.41, 5.74) is 4.68. The van der Waals surface area contributed by atoms with Crippen molar-refractivity contribution in [3.8, 4) is 22.6 Å². The van der Waals surface area contributed by atoms with Crippen LogP contribution in [0.5, 0.6) is 11.5 Å².